The summed E-state index contributed by atoms with van der Waals surface area (Å²) in [5.74, 6) is 0.456. The molecule has 0 aliphatic carbocycles. The van der Waals surface area contributed by atoms with Crippen LogP contribution in [-0.4, -0.2) is 17.5 Å². The van der Waals surface area contributed by atoms with Crippen LogP contribution in [0.3, 0.4) is 0 Å². The van der Waals surface area contributed by atoms with E-state index in [9.17, 15) is 9.90 Å². The van der Waals surface area contributed by atoms with Crippen LogP contribution in [0.4, 0.5) is 0 Å². The molecule has 2 aromatic carbocycles. The molecule has 100 valence electrons. The molecule has 0 unspecified atom stereocenters. The molecular weight excluding hydrogens is 320 g/mol. The van der Waals surface area contributed by atoms with Gasteiger partial charge in [0.25, 0.3) is 0 Å². The number of aromatic hydroxyl groups is 1. The van der Waals surface area contributed by atoms with Crippen molar-refractivity contribution >= 4 is 27.8 Å². The van der Waals surface area contributed by atoms with Gasteiger partial charge >= 0.3 is 0 Å². The Hall–Kier alpha value is -2.07. The van der Waals surface area contributed by atoms with E-state index in [2.05, 4.69) is 15.9 Å². The summed E-state index contributed by atoms with van der Waals surface area (Å²) in [6, 6.07) is 12.2. The first-order valence-electron chi connectivity index (χ1n) is 6.11. The minimum absolute atomic E-state index is 0.0582. The lowest BCUT2D eigenvalue weighted by atomic mass is 9.98. The zero-order valence-corrected chi connectivity index (χ0v) is 12.1. The van der Waals surface area contributed by atoms with E-state index in [4.69, 9.17) is 4.74 Å². The average molecular weight is 331 g/mol. The molecule has 0 saturated carbocycles. The van der Waals surface area contributed by atoms with Crippen LogP contribution in [0, 0.1) is 0 Å². The van der Waals surface area contributed by atoms with Crippen molar-refractivity contribution in [3.05, 3.63) is 63.6 Å². The molecule has 0 fully saturated rings. The summed E-state index contributed by atoms with van der Waals surface area (Å²) in [5.41, 5.74) is 1.88. The Bertz CT molecular complexity index is 719. The first-order valence-corrected chi connectivity index (χ1v) is 6.90. The first kappa shape index (κ1) is 12.9. The van der Waals surface area contributed by atoms with Gasteiger partial charge < -0.3 is 9.84 Å². The number of fused-ring (bicyclic) bond motifs is 1. The third-order valence-electron chi connectivity index (χ3n) is 3.12. The minimum atomic E-state index is -0.113. The van der Waals surface area contributed by atoms with Crippen molar-refractivity contribution in [3.63, 3.8) is 0 Å². The van der Waals surface area contributed by atoms with Crippen molar-refractivity contribution in [1.82, 2.24) is 0 Å². The Morgan fingerprint density at radius 1 is 1.20 bits per heavy atom. The van der Waals surface area contributed by atoms with Crippen molar-refractivity contribution < 1.29 is 14.6 Å². The number of Topliss-reactive ketones (excluding diaryl/α,β-unsaturated/α-hetero) is 1. The molecule has 20 heavy (non-hydrogen) atoms. The van der Waals surface area contributed by atoms with Gasteiger partial charge in [-0.1, -0.05) is 34.1 Å². The van der Waals surface area contributed by atoms with Gasteiger partial charge in [-0.05, 0) is 35.9 Å². The van der Waals surface area contributed by atoms with Crippen molar-refractivity contribution in [2.45, 2.75) is 0 Å². The van der Waals surface area contributed by atoms with Crippen LogP contribution in [-0.2, 0) is 0 Å². The lowest BCUT2D eigenvalue weighted by Gasteiger charge is -2.19. The van der Waals surface area contributed by atoms with Crippen LogP contribution in [0.15, 0.2) is 52.5 Å². The zero-order chi connectivity index (χ0) is 14.1. The minimum Gasteiger partial charge on any atom is -0.508 e. The van der Waals surface area contributed by atoms with E-state index in [0.717, 1.165) is 10.0 Å². The van der Waals surface area contributed by atoms with Crippen LogP contribution in [0.1, 0.15) is 15.9 Å². The lowest BCUT2D eigenvalue weighted by molar-refractivity contribution is 0.100. The summed E-state index contributed by atoms with van der Waals surface area (Å²) in [5, 5.41) is 9.49. The lowest BCUT2D eigenvalue weighted by Crippen LogP contribution is -2.18. The molecule has 1 N–H and O–H groups in total. The zero-order valence-electron chi connectivity index (χ0n) is 10.5. The molecule has 0 amide bonds. The molecule has 0 bridgehead atoms. The van der Waals surface area contributed by atoms with Gasteiger partial charge in [0.1, 0.15) is 18.1 Å². The molecule has 3 nitrogen and oxygen atoms in total. The van der Waals surface area contributed by atoms with Gasteiger partial charge in [0.15, 0.2) is 5.78 Å². The maximum absolute atomic E-state index is 12.4. The number of carbonyl (C=O) groups is 1. The van der Waals surface area contributed by atoms with E-state index in [0.29, 0.717) is 16.9 Å². The second-order valence-electron chi connectivity index (χ2n) is 4.49. The molecular formula is C16H11BrO3. The quantitative estimate of drug-likeness (QED) is 0.808. The van der Waals surface area contributed by atoms with Gasteiger partial charge in [0.2, 0.25) is 0 Å². The van der Waals surface area contributed by atoms with Gasteiger partial charge in [0, 0.05) is 10.0 Å². The molecule has 2 aromatic rings. The number of benzene rings is 2. The highest BCUT2D eigenvalue weighted by atomic mass is 79.9. The fraction of sp³-hybridized carbons (Fsp3) is 0.0625. The molecule has 0 saturated heterocycles. The number of carbonyl (C=O) groups excluding carboxylic acids is 1. The third-order valence-corrected chi connectivity index (χ3v) is 3.84. The van der Waals surface area contributed by atoms with Gasteiger partial charge in [-0.15, -0.1) is 0 Å². The predicted molar refractivity (Wildman–Crippen MR) is 80.1 cm³/mol. The van der Waals surface area contributed by atoms with Crippen LogP contribution >= 0.6 is 15.9 Å². The monoisotopic (exact) mass is 330 g/mol. The number of ether oxygens (including phenoxy) is 1. The van der Waals surface area contributed by atoms with E-state index in [1.807, 2.05) is 24.3 Å². The largest absolute Gasteiger partial charge is 0.508 e. The average Bonchev–Trinajstić information content (AvgIpc) is 2.45. The molecule has 3 rings (SSSR count). The van der Waals surface area contributed by atoms with Crippen LogP contribution in [0.2, 0.25) is 0 Å². The number of halogens is 1. The smallest absolute Gasteiger partial charge is 0.196 e. The number of phenols is 1. The molecule has 0 aromatic heterocycles. The fourth-order valence-corrected chi connectivity index (χ4v) is 2.50. The van der Waals surface area contributed by atoms with Crippen molar-refractivity contribution in [3.8, 4) is 11.5 Å². The van der Waals surface area contributed by atoms with E-state index in [1.54, 1.807) is 12.1 Å². The number of phenolic OH excluding ortho intramolecular Hbond substituents is 1. The Morgan fingerprint density at radius 3 is 2.80 bits per heavy atom. The molecule has 0 atom stereocenters. The van der Waals surface area contributed by atoms with Gasteiger partial charge in [0.05, 0.1) is 5.56 Å². The molecule has 1 heterocycles. The first-order chi connectivity index (χ1) is 9.65. The van der Waals surface area contributed by atoms with E-state index < -0.39 is 0 Å². The summed E-state index contributed by atoms with van der Waals surface area (Å²) in [6.07, 6.45) is 1.80. The van der Waals surface area contributed by atoms with Crippen molar-refractivity contribution in [1.29, 1.82) is 0 Å². The SMILES string of the molecule is O=C1/C(=C/c2ccccc2Br)COc2ccc(O)cc21. The standard InChI is InChI=1S/C16H11BrO3/c17-14-4-2-1-3-10(14)7-11-9-20-15-6-5-12(18)8-13(15)16(11)19/h1-8,18H,9H2/b11-7+. The van der Waals surface area contributed by atoms with Crippen molar-refractivity contribution in [2.75, 3.05) is 6.61 Å². The summed E-state index contributed by atoms with van der Waals surface area (Å²) in [4.78, 5) is 12.4. The van der Waals surface area contributed by atoms with Crippen LogP contribution in [0.25, 0.3) is 6.08 Å². The van der Waals surface area contributed by atoms with Crippen LogP contribution in [0.5, 0.6) is 11.5 Å². The summed E-state index contributed by atoms with van der Waals surface area (Å²) in [7, 11) is 0. The number of rotatable bonds is 1. The van der Waals surface area contributed by atoms with E-state index >= 15 is 0 Å². The molecule has 1 aliphatic heterocycles. The molecule has 0 spiro atoms. The van der Waals surface area contributed by atoms with Crippen LogP contribution < -0.4 is 4.74 Å². The highest BCUT2D eigenvalue weighted by Gasteiger charge is 2.23. The Labute approximate surface area is 124 Å². The highest BCUT2D eigenvalue weighted by Crippen LogP contribution is 2.31. The predicted octanol–water partition coefficient (Wildman–Crippen LogP) is 3.81. The number of hydrogen-bond acceptors (Lipinski definition) is 3. The highest BCUT2D eigenvalue weighted by molar-refractivity contribution is 9.10. The molecule has 4 heteroatoms. The normalized spacial score (nSPS) is 15.8. The maximum atomic E-state index is 12.4. The fourth-order valence-electron chi connectivity index (χ4n) is 2.10. The maximum Gasteiger partial charge on any atom is 0.196 e. The Balaban J connectivity index is 2.02. The Morgan fingerprint density at radius 2 is 2.00 bits per heavy atom. The summed E-state index contributed by atoms with van der Waals surface area (Å²) < 4.78 is 6.48. The summed E-state index contributed by atoms with van der Waals surface area (Å²) in [6.45, 7) is 0.234. The second kappa shape index (κ2) is 5.13. The number of ketones is 1. The molecule has 0 radical (unpaired) electrons. The van der Waals surface area contributed by atoms with Gasteiger partial charge in [-0.25, -0.2) is 0 Å². The van der Waals surface area contributed by atoms with Gasteiger partial charge in [-0.2, -0.15) is 0 Å². The molecule has 1 aliphatic rings. The van der Waals surface area contributed by atoms with Crippen molar-refractivity contribution in [2.24, 2.45) is 0 Å². The summed E-state index contributed by atoms with van der Waals surface area (Å²) >= 11 is 3.45. The van der Waals surface area contributed by atoms with E-state index in [-0.39, 0.29) is 18.1 Å². The second-order valence-corrected chi connectivity index (χ2v) is 5.34. The Kier molecular flexibility index (Phi) is 3.32. The van der Waals surface area contributed by atoms with Gasteiger partial charge in [-0.3, -0.25) is 4.79 Å². The number of hydrogen-bond donors (Lipinski definition) is 1. The van der Waals surface area contributed by atoms with E-state index in [1.165, 1.54) is 12.1 Å². The topological polar surface area (TPSA) is 46.5 Å². The third kappa shape index (κ3) is 2.34.